The topological polar surface area (TPSA) is 26.7 Å². The summed E-state index contributed by atoms with van der Waals surface area (Å²) in [6.07, 6.45) is 0. The van der Waals surface area contributed by atoms with E-state index in [1.165, 1.54) is 16.7 Å². The van der Waals surface area contributed by atoms with Crippen LogP contribution in [0.5, 0.6) is 0 Å². The highest BCUT2D eigenvalue weighted by molar-refractivity contribution is 8.00. The zero-order chi connectivity index (χ0) is 23.1. The van der Waals surface area contributed by atoms with E-state index in [0.29, 0.717) is 12.1 Å². The van der Waals surface area contributed by atoms with Crippen molar-refractivity contribution in [3.63, 3.8) is 0 Å². The summed E-state index contributed by atoms with van der Waals surface area (Å²) in [7, 11) is 0. The van der Waals surface area contributed by atoms with Gasteiger partial charge in [0.25, 0.3) is 0 Å². The molecular weight excluding hydrogens is 424 g/mol. The predicted molar refractivity (Wildman–Crippen MR) is 141 cm³/mol. The first-order valence-corrected chi connectivity index (χ1v) is 13.0. The minimum absolute atomic E-state index is 0.237. The number of rotatable bonds is 9. The maximum absolute atomic E-state index is 9.39. The van der Waals surface area contributed by atoms with Crippen molar-refractivity contribution in [2.24, 2.45) is 0 Å². The number of hydrogen-bond acceptors (Lipinski definition) is 4. The first kappa shape index (κ1) is 24.0. The lowest BCUT2D eigenvalue weighted by Crippen LogP contribution is -2.57. The van der Waals surface area contributed by atoms with E-state index < -0.39 is 0 Å². The fourth-order valence-electron chi connectivity index (χ4n) is 5.11. The van der Waals surface area contributed by atoms with Gasteiger partial charge in [-0.05, 0) is 30.5 Å². The van der Waals surface area contributed by atoms with Crippen molar-refractivity contribution < 1.29 is 5.11 Å². The van der Waals surface area contributed by atoms with Crippen LogP contribution in [0.2, 0.25) is 0 Å². The highest BCUT2D eigenvalue weighted by atomic mass is 32.2. The van der Waals surface area contributed by atoms with E-state index in [4.69, 9.17) is 0 Å². The van der Waals surface area contributed by atoms with Crippen molar-refractivity contribution in [3.05, 3.63) is 108 Å². The Morgan fingerprint density at radius 1 is 0.697 bits per heavy atom. The minimum atomic E-state index is -0.253. The molecule has 33 heavy (non-hydrogen) atoms. The van der Waals surface area contributed by atoms with Crippen LogP contribution in [0.1, 0.15) is 30.5 Å². The van der Waals surface area contributed by atoms with E-state index in [9.17, 15) is 5.11 Å². The zero-order valence-corrected chi connectivity index (χ0v) is 20.6. The van der Waals surface area contributed by atoms with Gasteiger partial charge < -0.3 is 5.11 Å². The molecule has 0 aliphatic carbocycles. The first-order chi connectivity index (χ1) is 16.1. The smallest absolute Gasteiger partial charge is 0.0907 e. The Bertz CT molecular complexity index is 870. The fourth-order valence-corrected chi connectivity index (χ4v) is 6.65. The molecule has 0 radical (unpaired) electrons. The van der Waals surface area contributed by atoms with Crippen molar-refractivity contribution in [1.82, 2.24) is 9.80 Å². The Labute approximate surface area is 203 Å². The molecule has 3 aromatic rings. The van der Waals surface area contributed by atoms with Crippen molar-refractivity contribution in [1.29, 1.82) is 0 Å². The van der Waals surface area contributed by atoms with Crippen LogP contribution in [0, 0.1) is 0 Å². The van der Waals surface area contributed by atoms with Gasteiger partial charge in [-0.15, -0.1) is 11.8 Å². The van der Waals surface area contributed by atoms with Crippen LogP contribution in [0.15, 0.2) is 91.0 Å². The third-order valence-electron chi connectivity index (χ3n) is 6.87. The number of thioether (sulfide) groups is 1. The highest BCUT2D eigenvalue weighted by Crippen LogP contribution is 2.48. The van der Waals surface area contributed by atoms with Crippen LogP contribution in [0.3, 0.4) is 0 Å². The lowest BCUT2D eigenvalue weighted by Gasteiger charge is -2.44. The second-order valence-corrected chi connectivity index (χ2v) is 10.3. The predicted octanol–water partition coefficient (Wildman–Crippen LogP) is 5.10. The molecule has 174 valence electrons. The summed E-state index contributed by atoms with van der Waals surface area (Å²) in [5, 5.41) is 9.39. The molecule has 4 rings (SSSR count). The Balaban J connectivity index is 1.61. The van der Waals surface area contributed by atoms with Gasteiger partial charge in [-0.2, -0.15) is 0 Å². The lowest BCUT2D eigenvalue weighted by molar-refractivity contribution is 0.0365. The highest BCUT2D eigenvalue weighted by Gasteiger charge is 2.37. The summed E-state index contributed by atoms with van der Waals surface area (Å²) in [4.78, 5) is 5.04. The quantitative estimate of drug-likeness (QED) is 0.450. The number of aliphatic hydroxyl groups is 1. The molecule has 0 saturated carbocycles. The van der Waals surface area contributed by atoms with Crippen LogP contribution < -0.4 is 0 Å². The Morgan fingerprint density at radius 3 is 1.48 bits per heavy atom. The minimum Gasteiger partial charge on any atom is -0.395 e. The molecule has 3 aromatic carbocycles. The van der Waals surface area contributed by atoms with Gasteiger partial charge in [-0.1, -0.05) is 91.0 Å². The van der Waals surface area contributed by atoms with Crippen LogP contribution in [0.25, 0.3) is 0 Å². The van der Waals surface area contributed by atoms with Gasteiger partial charge in [-0.3, -0.25) is 9.80 Å². The number of nitrogens with zero attached hydrogens (tertiary/aromatic N) is 2. The van der Waals surface area contributed by atoms with E-state index in [1.54, 1.807) is 0 Å². The van der Waals surface area contributed by atoms with Crippen LogP contribution in [0.4, 0.5) is 0 Å². The largest absolute Gasteiger partial charge is 0.395 e. The van der Waals surface area contributed by atoms with Gasteiger partial charge in [-0.25, -0.2) is 0 Å². The summed E-state index contributed by atoms with van der Waals surface area (Å²) >= 11 is 2.04. The molecule has 1 N–H and O–H groups in total. The molecule has 0 amide bonds. The van der Waals surface area contributed by atoms with Crippen LogP contribution in [-0.2, 0) is 4.75 Å². The van der Waals surface area contributed by atoms with Gasteiger partial charge in [0.05, 0.1) is 11.4 Å². The fraction of sp³-hybridized carbons (Fsp3) is 0.379. The van der Waals surface area contributed by atoms with E-state index in [1.807, 2.05) is 11.8 Å². The average molecular weight is 461 g/mol. The number of β-amino-alcohol motifs (C(OH)–C–C–N with tert-alkyl or cyclic N) is 1. The molecule has 4 heteroatoms. The van der Waals surface area contributed by atoms with Crippen LogP contribution in [-0.4, -0.2) is 65.5 Å². The molecule has 1 fully saturated rings. The van der Waals surface area contributed by atoms with Gasteiger partial charge in [0.1, 0.15) is 0 Å². The first-order valence-electron chi connectivity index (χ1n) is 12.0. The van der Waals surface area contributed by atoms with E-state index >= 15 is 0 Å². The molecule has 3 nitrogen and oxygen atoms in total. The normalized spacial score (nSPS) is 20.1. The molecule has 1 heterocycles. The Kier molecular flexibility index (Phi) is 8.26. The average Bonchev–Trinajstić information content (AvgIpc) is 2.86. The monoisotopic (exact) mass is 460 g/mol. The van der Waals surface area contributed by atoms with Crippen LogP contribution >= 0.6 is 11.8 Å². The SMILES string of the molecule is CC1CN(CCSC(c2ccccc2)(c2ccccc2)c2ccccc2)C(C)CN1CCO. The van der Waals surface area contributed by atoms with Gasteiger partial charge in [0.2, 0.25) is 0 Å². The van der Waals surface area contributed by atoms with Crippen molar-refractivity contribution in [2.45, 2.75) is 30.7 Å². The summed E-state index contributed by atoms with van der Waals surface area (Å²) in [5.41, 5.74) is 3.96. The molecule has 1 aliphatic heterocycles. The Hall–Kier alpha value is -2.11. The molecule has 2 unspecified atom stereocenters. The molecule has 0 spiro atoms. The van der Waals surface area contributed by atoms with Crippen molar-refractivity contribution in [3.8, 4) is 0 Å². The molecule has 1 aliphatic rings. The van der Waals surface area contributed by atoms with Crippen molar-refractivity contribution in [2.75, 3.05) is 38.5 Å². The zero-order valence-electron chi connectivity index (χ0n) is 19.8. The number of benzene rings is 3. The number of hydrogen-bond donors (Lipinski definition) is 1. The summed E-state index contributed by atoms with van der Waals surface area (Å²) in [6, 6.07) is 33.8. The maximum Gasteiger partial charge on any atom is 0.0907 e. The van der Waals surface area contributed by atoms with Gasteiger partial charge >= 0.3 is 0 Å². The summed E-state index contributed by atoms with van der Waals surface area (Å²) in [5.74, 6) is 1.04. The molecule has 0 aromatic heterocycles. The molecule has 0 bridgehead atoms. The standard InChI is InChI=1S/C29H36N2OS/c1-24-23-31(25(2)22-30(24)18-20-32)19-21-33-29(26-12-6-3-7-13-26,27-14-8-4-9-15-27)28-16-10-5-11-17-28/h3-17,24-25,32H,18-23H2,1-2H3. The number of aliphatic hydroxyl groups excluding tert-OH is 1. The van der Waals surface area contributed by atoms with Gasteiger partial charge in [0.15, 0.2) is 0 Å². The summed E-state index contributed by atoms with van der Waals surface area (Å²) < 4.78 is -0.253. The second-order valence-electron chi connectivity index (χ2n) is 9.04. The van der Waals surface area contributed by atoms with Crippen molar-refractivity contribution >= 4 is 11.8 Å². The van der Waals surface area contributed by atoms with E-state index in [0.717, 1.165) is 31.9 Å². The third kappa shape index (κ3) is 5.36. The summed E-state index contributed by atoms with van der Waals surface area (Å²) in [6.45, 7) is 8.74. The van der Waals surface area contributed by atoms with E-state index in [2.05, 4.69) is 115 Å². The molecule has 2 atom stereocenters. The Morgan fingerprint density at radius 2 is 1.09 bits per heavy atom. The van der Waals surface area contributed by atoms with Gasteiger partial charge in [0, 0.05) is 44.0 Å². The lowest BCUT2D eigenvalue weighted by atomic mass is 9.84. The molecule has 1 saturated heterocycles. The van der Waals surface area contributed by atoms with E-state index in [-0.39, 0.29) is 11.4 Å². The third-order valence-corrected chi connectivity index (χ3v) is 8.40. The maximum atomic E-state index is 9.39. The second kappa shape index (κ2) is 11.3. The number of piperazine rings is 1. The molecular formula is C29H36N2OS.